The van der Waals surface area contributed by atoms with Crippen LogP contribution in [-0.2, 0) is 4.79 Å². The third kappa shape index (κ3) is 2.79. The maximum absolute atomic E-state index is 12.5. The number of nitrogens with zero attached hydrogens (tertiary/aromatic N) is 1. The summed E-state index contributed by atoms with van der Waals surface area (Å²) < 4.78 is 5.94. The molecule has 28 heavy (non-hydrogen) atoms. The number of aromatic hydroxyl groups is 1. The minimum atomic E-state index is -0.456. The third-order valence-corrected chi connectivity index (χ3v) is 5.04. The zero-order valence-electron chi connectivity index (χ0n) is 15.3. The van der Waals surface area contributed by atoms with Gasteiger partial charge in [0.15, 0.2) is 5.78 Å². The number of rotatable bonds is 3. The van der Waals surface area contributed by atoms with Crippen molar-refractivity contribution in [1.29, 1.82) is 0 Å². The summed E-state index contributed by atoms with van der Waals surface area (Å²) in [4.78, 5) is 23.0. The fourth-order valence-electron chi connectivity index (χ4n) is 3.84. The molecule has 140 valence electrons. The number of Topliss-reactive ketones (excluding diaryl/α,β-unsaturated/α-hetero) is 1. The predicted molar refractivity (Wildman–Crippen MR) is 105 cm³/mol. The second kappa shape index (κ2) is 6.49. The average Bonchev–Trinajstić information content (AvgIpc) is 2.66. The van der Waals surface area contributed by atoms with E-state index in [4.69, 9.17) is 4.74 Å². The van der Waals surface area contributed by atoms with Crippen LogP contribution in [-0.4, -0.2) is 15.8 Å². The van der Waals surface area contributed by atoms with E-state index in [-0.39, 0.29) is 17.2 Å². The number of non-ortho nitro benzene ring substituents is 1. The Morgan fingerprint density at radius 3 is 2.43 bits per heavy atom. The zero-order chi connectivity index (χ0) is 20.0. The van der Waals surface area contributed by atoms with Crippen molar-refractivity contribution in [2.45, 2.75) is 19.8 Å². The summed E-state index contributed by atoms with van der Waals surface area (Å²) in [5.41, 5.74) is 1.99. The highest BCUT2D eigenvalue weighted by atomic mass is 16.6. The fourth-order valence-corrected chi connectivity index (χ4v) is 3.84. The van der Waals surface area contributed by atoms with Gasteiger partial charge in [-0.25, -0.2) is 0 Å². The second-order valence-corrected chi connectivity index (χ2v) is 6.79. The molecule has 6 heteroatoms. The average molecular weight is 375 g/mol. The van der Waals surface area contributed by atoms with Crippen LogP contribution in [0, 0.1) is 10.1 Å². The highest BCUT2D eigenvalue weighted by molar-refractivity contribution is 6.00. The van der Waals surface area contributed by atoms with Gasteiger partial charge in [0.1, 0.15) is 17.3 Å². The zero-order valence-corrected chi connectivity index (χ0v) is 15.3. The van der Waals surface area contributed by atoms with E-state index in [0.29, 0.717) is 17.1 Å². The minimum absolute atomic E-state index is 0.0170. The van der Waals surface area contributed by atoms with E-state index in [1.165, 1.54) is 19.1 Å². The Hall–Kier alpha value is -3.67. The van der Waals surface area contributed by atoms with Crippen LogP contribution in [0.2, 0.25) is 0 Å². The molecule has 1 atom stereocenters. The molecule has 0 amide bonds. The van der Waals surface area contributed by atoms with Crippen LogP contribution in [0.4, 0.5) is 5.69 Å². The van der Waals surface area contributed by atoms with Gasteiger partial charge in [-0.05, 0) is 48.4 Å². The number of carbonyl (C=O) groups is 1. The lowest BCUT2D eigenvalue weighted by molar-refractivity contribution is -0.384. The number of nitro groups is 1. The van der Waals surface area contributed by atoms with Gasteiger partial charge in [0.05, 0.1) is 4.92 Å². The van der Waals surface area contributed by atoms with Gasteiger partial charge in [0, 0.05) is 29.2 Å². The highest BCUT2D eigenvalue weighted by Gasteiger charge is 2.33. The van der Waals surface area contributed by atoms with Crippen molar-refractivity contribution in [1.82, 2.24) is 0 Å². The van der Waals surface area contributed by atoms with Crippen molar-refractivity contribution in [3.8, 4) is 11.5 Å². The molecular weight excluding hydrogens is 358 g/mol. The van der Waals surface area contributed by atoms with Gasteiger partial charge < -0.3 is 9.84 Å². The van der Waals surface area contributed by atoms with Crippen LogP contribution >= 0.6 is 0 Å². The molecule has 6 nitrogen and oxygen atoms in total. The van der Waals surface area contributed by atoms with Crippen LogP contribution in [0.1, 0.15) is 30.9 Å². The minimum Gasteiger partial charge on any atom is -0.508 e. The molecule has 1 aliphatic heterocycles. The number of fused-ring (bicyclic) bond motifs is 3. The monoisotopic (exact) mass is 375 g/mol. The van der Waals surface area contributed by atoms with Crippen LogP contribution in [0.3, 0.4) is 0 Å². The smallest absolute Gasteiger partial charge is 0.269 e. The van der Waals surface area contributed by atoms with E-state index in [2.05, 4.69) is 0 Å². The fraction of sp³-hybridized carbons (Fsp3) is 0.136. The molecule has 0 radical (unpaired) electrons. The number of ether oxygens (including phenoxy) is 1. The molecule has 0 aliphatic carbocycles. The summed E-state index contributed by atoms with van der Waals surface area (Å²) >= 11 is 0. The van der Waals surface area contributed by atoms with E-state index in [9.17, 15) is 20.0 Å². The Labute approximate surface area is 160 Å². The SMILES string of the molecule is CC(=O)C1=C(C)Oc2ccc3ccc(O)cc3c2C1c1ccc([N+](=O)[O-])cc1. The lowest BCUT2D eigenvalue weighted by Crippen LogP contribution is -2.20. The van der Waals surface area contributed by atoms with Gasteiger partial charge in [-0.2, -0.15) is 0 Å². The summed E-state index contributed by atoms with van der Waals surface area (Å²) in [6, 6.07) is 15.0. The normalized spacial score (nSPS) is 15.9. The molecule has 1 aliphatic rings. The summed E-state index contributed by atoms with van der Waals surface area (Å²) in [6.07, 6.45) is 0. The molecule has 0 saturated carbocycles. The van der Waals surface area contributed by atoms with Gasteiger partial charge >= 0.3 is 0 Å². The van der Waals surface area contributed by atoms with Crippen LogP contribution in [0.25, 0.3) is 10.8 Å². The van der Waals surface area contributed by atoms with Gasteiger partial charge in [-0.3, -0.25) is 14.9 Å². The van der Waals surface area contributed by atoms with E-state index in [1.54, 1.807) is 37.3 Å². The van der Waals surface area contributed by atoms with Crippen molar-refractivity contribution in [3.05, 3.63) is 87.2 Å². The van der Waals surface area contributed by atoms with Crippen molar-refractivity contribution in [2.75, 3.05) is 0 Å². The molecule has 3 aromatic carbocycles. The topological polar surface area (TPSA) is 89.7 Å². The lowest BCUT2D eigenvalue weighted by Gasteiger charge is -2.30. The van der Waals surface area contributed by atoms with Gasteiger partial charge in [-0.1, -0.05) is 24.3 Å². The number of phenols is 1. The summed E-state index contributed by atoms with van der Waals surface area (Å²) in [5.74, 6) is 0.627. The van der Waals surface area contributed by atoms with Crippen molar-refractivity contribution in [3.63, 3.8) is 0 Å². The predicted octanol–water partition coefficient (Wildman–Crippen LogP) is 4.84. The number of benzene rings is 3. The van der Waals surface area contributed by atoms with Crippen LogP contribution in [0.15, 0.2) is 65.9 Å². The Balaban J connectivity index is 2.02. The maximum atomic E-state index is 12.5. The molecule has 1 heterocycles. The Kier molecular flexibility index (Phi) is 4.11. The van der Waals surface area contributed by atoms with Crippen LogP contribution < -0.4 is 4.74 Å². The van der Waals surface area contributed by atoms with Gasteiger partial charge in [0.25, 0.3) is 5.69 Å². The summed E-state index contributed by atoms with van der Waals surface area (Å²) in [5, 5.41) is 22.7. The molecule has 0 bridgehead atoms. The van der Waals surface area contributed by atoms with E-state index >= 15 is 0 Å². The summed E-state index contributed by atoms with van der Waals surface area (Å²) in [7, 11) is 0. The summed E-state index contributed by atoms with van der Waals surface area (Å²) in [6.45, 7) is 3.22. The number of carbonyl (C=O) groups excluding carboxylic acids is 1. The van der Waals surface area contributed by atoms with Gasteiger partial charge in [0.2, 0.25) is 0 Å². The number of hydrogen-bond acceptors (Lipinski definition) is 5. The van der Waals surface area contributed by atoms with Gasteiger partial charge in [-0.15, -0.1) is 0 Å². The molecule has 1 N–H and O–H groups in total. The largest absolute Gasteiger partial charge is 0.508 e. The maximum Gasteiger partial charge on any atom is 0.269 e. The Morgan fingerprint density at radius 2 is 1.79 bits per heavy atom. The highest BCUT2D eigenvalue weighted by Crippen LogP contribution is 2.47. The molecule has 3 aromatic rings. The van der Waals surface area contributed by atoms with Crippen LogP contribution in [0.5, 0.6) is 11.5 Å². The number of ketones is 1. The molecule has 0 saturated heterocycles. The van der Waals surface area contributed by atoms with Crippen molar-refractivity contribution >= 4 is 22.2 Å². The molecule has 4 rings (SSSR count). The molecule has 0 fully saturated rings. The van der Waals surface area contributed by atoms with E-state index in [0.717, 1.165) is 21.9 Å². The molecular formula is C22H17NO5. The van der Waals surface area contributed by atoms with Crippen molar-refractivity contribution in [2.24, 2.45) is 0 Å². The number of allylic oxidation sites excluding steroid dienone is 2. The van der Waals surface area contributed by atoms with E-state index < -0.39 is 10.8 Å². The first-order valence-electron chi connectivity index (χ1n) is 8.76. The second-order valence-electron chi connectivity index (χ2n) is 6.79. The Bertz CT molecular complexity index is 1160. The number of nitro benzene ring substituents is 1. The standard InChI is InChI=1S/C22H17NO5/c1-12(24)20-13(2)28-19-10-6-14-5-9-17(25)11-18(14)22(19)21(20)15-3-7-16(8-4-15)23(26)27/h3-11,21,25H,1-2H3. The molecule has 1 unspecified atom stereocenters. The van der Waals surface area contributed by atoms with Crippen molar-refractivity contribution < 1.29 is 19.6 Å². The first-order valence-corrected chi connectivity index (χ1v) is 8.76. The first kappa shape index (κ1) is 17.7. The first-order chi connectivity index (χ1) is 13.4. The third-order valence-electron chi connectivity index (χ3n) is 5.04. The molecule has 0 aromatic heterocycles. The molecule has 0 spiro atoms. The Morgan fingerprint density at radius 1 is 1.11 bits per heavy atom. The number of hydrogen-bond donors (Lipinski definition) is 1. The quantitative estimate of drug-likeness (QED) is 0.522. The number of phenolic OH excluding ortho intramolecular Hbond substituents is 1. The lowest BCUT2D eigenvalue weighted by atomic mass is 9.78. The van der Waals surface area contributed by atoms with E-state index in [1.807, 2.05) is 12.1 Å².